The van der Waals surface area contributed by atoms with Gasteiger partial charge in [0.1, 0.15) is 0 Å². The van der Waals surface area contributed by atoms with Crippen LogP contribution in [0.3, 0.4) is 0 Å². The van der Waals surface area contributed by atoms with E-state index in [2.05, 4.69) is 15.0 Å². The van der Waals surface area contributed by atoms with Crippen molar-refractivity contribution in [3.05, 3.63) is 35.1 Å². The summed E-state index contributed by atoms with van der Waals surface area (Å²) in [5.74, 6) is 0.393. The van der Waals surface area contributed by atoms with Crippen molar-refractivity contribution in [2.75, 3.05) is 11.4 Å². The summed E-state index contributed by atoms with van der Waals surface area (Å²) >= 11 is 0. The number of hydrogen-bond donors (Lipinski definition) is 1. The van der Waals surface area contributed by atoms with Gasteiger partial charge in [0.15, 0.2) is 5.82 Å². The van der Waals surface area contributed by atoms with Crippen LogP contribution in [0.25, 0.3) is 0 Å². The van der Waals surface area contributed by atoms with E-state index < -0.39 is 0 Å². The third kappa shape index (κ3) is 1.48. The number of aliphatic imine (C=N–C) groups is 1. The molecule has 0 aliphatic carbocycles. The molecule has 2 rings (SSSR count). The van der Waals surface area contributed by atoms with E-state index in [1.54, 1.807) is 29.7 Å². The molecule has 0 atom stereocenters. The molecule has 1 aliphatic heterocycles. The summed E-state index contributed by atoms with van der Waals surface area (Å²) in [6.45, 7) is 0.580. The lowest BCUT2D eigenvalue weighted by Gasteiger charge is -2.16. The smallest absolute Gasteiger partial charge is 0.291 e. The number of H-pyrrole nitrogens is 1. The van der Waals surface area contributed by atoms with Crippen LogP contribution in [0.5, 0.6) is 0 Å². The van der Waals surface area contributed by atoms with Gasteiger partial charge in [-0.1, -0.05) is 0 Å². The molecule has 0 unspecified atom stereocenters. The van der Waals surface area contributed by atoms with Gasteiger partial charge in [0.05, 0.1) is 6.54 Å². The Balaban J connectivity index is 2.36. The van der Waals surface area contributed by atoms with Crippen LogP contribution in [0.4, 0.5) is 5.82 Å². The predicted molar refractivity (Wildman–Crippen MR) is 49.8 cm³/mol. The van der Waals surface area contributed by atoms with Crippen LogP contribution < -0.4 is 10.5 Å². The van der Waals surface area contributed by atoms with Crippen molar-refractivity contribution < 1.29 is 0 Å². The molecule has 0 saturated heterocycles. The Morgan fingerprint density at radius 1 is 1.54 bits per heavy atom. The minimum atomic E-state index is -0.192. The van der Waals surface area contributed by atoms with Crippen LogP contribution in [-0.2, 0) is 0 Å². The molecule has 5 nitrogen and oxygen atoms in total. The maximum absolute atomic E-state index is 11.3. The highest BCUT2D eigenvalue weighted by atomic mass is 16.1. The van der Waals surface area contributed by atoms with Crippen molar-refractivity contribution in [3.8, 4) is 0 Å². The SMILES string of the molecule is O=c1[nH]ccnc1N1C=CN=CC1. The Kier molecular flexibility index (Phi) is 1.91. The van der Waals surface area contributed by atoms with Gasteiger partial charge >= 0.3 is 0 Å². The second-order valence-corrected chi connectivity index (χ2v) is 2.52. The Hall–Kier alpha value is -1.91. The minimum Gasteiger partial charge on any atom is -0.324 e. The summed E-state index contributed by atoms with van der Waals surface area (Å²) in [6, 6.07) is 0. The van der Waals surface area contributed by atoms with Crippen LogP contribution in [0, 0.1) is 0 Å². The molecule has 0 amide bonds. The molecule has 0 saturated carbocycles. The third-order valence-corrected chi connectivity index (χ3v) is 1.68. The van der Waals surface area contributed by atoms with Gasteiger partial charge in [0.25, 0.3) is 5.56 Å². The molecule has 2 heterocycles. The molecule has 13 heavy (non-hydrogen) atoms. The topological polar surface area (TPSA) is 61.4 Å². The van der Waals surface area contributed by atoms with Crippen molar-refractivity contribution in [3.63, 3.8) is 0 Å². The van der Waals surface area contributed by atoms with Crippen molar-refractivity contribution >= 4 is 12.0 Å². The number of aromatic amines is 1. The van der Waals surface area contributed by atoms with Crippen molar-refractivity contribution in [1.82, 2.24) is 9.97 Å². The van der Waals surface area contributed by atoms with Crippen LogP contribution in [0.1, 0.15) is 0 Å². The molecule has 0 aromatic carbocycles. The molecular weight excluding hydrogens is 168 g/mol. The molecule has 0 spiro atoms. The average Bonchev–Trinajstić information content (AvgIpc) is 2.20. The maximum atomic E-state index is 11.3. The van der Waals surface area contributed by atoms with Gasteiger partial charge in [-0.05, 0) is 0 Å². The fourth-order valence-corrected chi connectivity index (χ4v) is 1.08. The van der Waals surface area contributed by atoms with Gasteiger partial charge in [-0.3, -0.25) is 9.79 Å². The van der Waals surface area contributed by atoms with E-state index >= 15 is 0 Å². The Bertz CT molecular complexity index is 407. The van der Waals surface area contributed by atoms with Gasteiger partial charge in [-0.15, -0.1) is 0 Å². The van der Waals surface area contributed by atoms with E-state index in [0.29, 0.717) is 12.4 Å². The summed E-state index contributed by atoms with van der Waals surface area (Å²) in [5.41, 5.74) is -0.192. The first-order valence-electron chi connectivity index (χ1n) is 3.86. The first-order valence-corrected chi connectivity index (χ1v) is 3.86. The maximum Gasteiger partial charge on any atom is 0.291 e. The Morgan fingerprint density at radius 2 is 2.46 bits per heavy atom. The number of nitrogens with zero attached hydrogens (tertiary/aromatic N) is 3. The normalized spacial score (nSPS) is 14.9. The largest absolute Gasteiger partial charge is 0.324 e. The number of rotatable bonds is 1. The van der Waals surface area contributed by atoms with Crippen molar-refractivity contribution in [1.29, 1.82) is 0 Å². The van der Waals surface area contributed by atoms with Crippen molar-refractivity contribution in [2.45, 2.75) is 0 Å². The number of anilines is 1. The molecule has 0 bridgehead atoms. The quantitative estimate of drug-likeness (QED) is 0.661. The van der Waals surface area contributed by atoms with E-state index in [1.807, 2.05) is 0 Å². The molecule has 66 valence electrons. The second-order valence-electron chi connectivity index (χ2n) is 2.52. The zero-order chi connectivity index (χ0) is 9.10. The molecule has 1 N–H and O–H groups in total. The first kappa shape index (κ1) is 7.72. The number of hydrogen-bond acceptors (Lipinski definition) is 4. The fraction of sp³-hybridized carbons (Fsp3) is 0.125. The second kappa shape index (κ2) is 3.22. The highest BCUT2D eigenvalue weighted by molar-refractivity contribution is 5.68. The van der Waals surface area contributed by atoms with Gasteiger partial charge in [0.2, 0.25) is 0 Å². The Labute approximate surface area is 74.5 Å². The zero-order valence-corrected chi connectivity index (χ0v) is 6.84. The number of nitrogens with one attached hydrogen (secondary N) is 1. The molecule has 5 heteroatoms. The summed E-state index contributed by atoms with van der Waals surface area (Å²) in [4.78, 5) is 23.4. The number of aromatic nitrogens is 2. The summed E-state index contributed by atoms with van der Waals surface area (Å²) in [5, 5.41) is 0. The van der Waals surface area contributed by atoms with Gasteiger partial charge in [0, 0.05) is 31.0 Å². The molecular formula is C8H8N4O. The average molecular weight is 176 g/mol. The summed E-state index contributed by atoms with van der Waals surface area (Å²) < 4.78 is 0. The first-order chi connectivity index (χ1) is 6.38. The van der Waals surface area contributed by atoms with Crippen LogP contribution in [-0.4, -0.2) is 22.7 Å². The van der Waals surface area contributed by atoms with Gasteiger partial charge in [-0.25, -0.2) is 4.98 Å². The molecule has 1 aliphatic rings. The molecule has 0 radical (unpaired) electrons. The van der Waals surface area contributed by atoms with Crippen LogP contribution in [0.2, 0.25) is 0 Å². The minimum absolute atomic E-state index is 0.192. The standard InChI is InChI=1S/C8H8N4O/c13-8-7(10-1-2-11-8)12-5-3-9-4-6-12/h1-5H,6H2,(H,11,13). The van der Waals surface area contributed by atoms with Crippen LogP contribution in [0.15, 0.2) is 34.6 Å². The highest BCUT2D eigenvalue weighted by Gasteiger charge is 2.08. The van der Waals surface area contributed by atoms with Gasteiger partial charge < -0.3 is 9.88 Å². The van der Waals surface area contributed by atoms with E-state index in [4.69, 9.17) is 0 Å². The predicted octanol–water partition coefficient (Wildman–Crippen LogP) is 0.132. The van der Waals surface area contributed by atoms with E-state index in [1.165, 1.54) is 6.20 Å². The monoisotopic (exact) mass is 176 g/mol. The lowest BCUT2D eigenvalue weighted by molar-refractivity contribution is 1.00. The lowest BCUT2D eigenvalue weighted by atomic mass is 10.5. The molecule has 0 fully saturated rings. The van der Waals surface area contributed by atoms with Gasteiger partial charge in [-0.2, -0.15) is 0 Å². The molecule has 1 aromatic rings. The Morgan fingerprint density at radius 3 is 3.15 bits per heavy atom. The summed E-state index contributed by atoms with van der Waals surface area (Å²) in [7, 11) is 0. The third-order valence-electron chi connectivity index (χ3n) is 1.68. The van der Waals surface area contributed by atoms with E-state index in [9.17, 15) is 4.79 Å². The zero-order valence-electron chi connectivity index (χ0n) is 6.84. The van der Waals surface area contributed by atoms with Crippen LogP contribution >= 0.6 is 0 Å². The molecule has 1 aromatic heterocycles. The lowest BCUT2D eigenvalue weighted by Crippen LogP contribution is -2.27. The van der Waals surface area contributed by atoms with Crippen molar-refractivity contribution in [2.24, 2.45) is 4.99 Å². The fourth-order valence-electron chi connectivity index (χ4n) is 1.08. The van der Waals surface area contributed by atoms with E-state index in [-0.39, 0.29) is 5.56 Å². The van der Waals surface area contributed by atoms with E-state index in [0.717, 1.165) is 0 Å². The highest BCUT2D eigenvalue weighted by Crippen LogP contribution is 2.04. The summed E-state index contributed by atoms with van der Waals surface area (Å²) in [6.07, 6.45) is 8.12.